The molecule has 0 spiro atoms. The zero-order chi connectivity index (χ0) is 14.7. The Balaban J connectivity index is 2.15. The number of nitrogens with zero attached hydrogens (tertiary/aromatic N) is 3. The SMILES string of the molecule is CC(C#N)CN1C(=O)CN(c2ccccc2F)CC1=O. The molecule has 1 aromatic carbocycles. The standard InChI is InChI=1S/C14H14FN3O2/c1-10(6-16)7-18-13(19)8-17(9-14(18)20)12-5-3-2-4-11(12)15/h2-5,10H,7-9H2,1H3. The van der Waals surface area contributed by atoms with Gasteiger partial charge in [-0.1, -0.05) is 12.1 Å². The number of imide groups is 1. The van der Waals surface area contributed by atoms with Crippen molar-refractivity contribution in [3.63, 3.8) is 0 Å². The number of halogens is 1. The van der Waals surface area contributed by atoms with Crippen molar-refractivity contribution >= 4 is 17.5 Å². The van der Waals surface area contributed by atoms with Crippen LogP contribution in [0.15, 0.2) is 24.3 Å². The monoisotopic (exact) mass is 275 g/mol. The molecule has 6 heteroatoms. The van der Waals surface area contributed by atoms with Crippen molar-refractivity contribution < 1.29 is 14.0 Å². The van der Waals surface area contributed by atoms with E-state index in [0.717, 1.165) is 4.90 Å². The van der Waals surface area contributed by atoms with Crippen molar-refractivity contribution in [2.75, 3.05) is 24.5 Å². The van der Waals surface area contributed by atoms with Gasteiger partial charge in [0.2, 0.25) is 11.8 Å². The molecule has 1 heterocycles. The molecule has 1 unspecified atom stereocenters. The van der Waals surface area contributed by atoms with Crippen molar-refractivity contribution in [1.82, 2.24) is 4.90 Å². The van der Waals surface area contributed by atoms with Crippen LogP contribution < -0.4 is 4.90 Å². The molecule has 2 amide bonds. The summed E-state index contributed by atoms with van der Waals surface area (Å²) in [7, 11) is 0. The van der Waals surface area contributed by atoms with E-state index in [4.69, 9.17) is 5.26 Å². The van der Waals surface area contributed by atoms with Crippen molar-refractivity contribution in [3.05, 3.63) is 30.1 Å². The van der Waals surface area contributed by atoms with E-state index in [0.29, 0.717) is 0 Å². The number of nitriles is 1. The van der Waals surface area contributed by atoms with Crippen LogP contribution in [-0.4, -0.2) is 36.3 Å². The molecule has 1 atom stereocenters. The highest BCUT2D eigenvalue weighted by Crippen LogP contribution is 2.21. The quantitative estimate of drug-likeness (QED) is 0.776. The molecule has 20 heavy (non-hydrogen) atoms. The summed E-state index contributed by atoms with van der Waals surface area (Å²) in [5.41, 5.74) is 0.238. The average Bonchev–Trinajstić information content (AvgIpc) is 2.42. The van der Waals surface area contributed by atoms with Crippen LogP contribution in [0.5, 0.6) is 0 Å². The minimum Gasteiger partial charge on any atom is -0.351 e. The highest BCUT2D eigenvalue weighted by atomic mass is 19.1. The molecule has 1 saturated heterocycles. The predicted octanol–water partition coefficient (Wildman–Crippen LogP) is 1.16. The third-order valence-corrected chi connectivity index (χ3v) is 3.12. The maximum Gasteiger partial charge on any atom is 0.248 e. The lowest BCUT2D eigenvalue weighted by Crippen LogP contribution is -2.55. The van der Waals surface area contributed by atoms with E-state index in [1.165, 1.54) is 17.0 Å². The number of para-hydroxylation sites is 1. The Morgan fingerprint density at radius 2 is 1.90 bits per heavy atom. The molecule has 5 nitrogen and oxygen atoms in total. The van der Waals surface area contributed by atoms with E-state index < -0.39 is 23.5 Å². The van der Waals surface area contributed by atoms with E-state index in [1.54, 1.807) is 19.1 Å². The topological polar surface area (TPSA) is 64.4 Å². The molecule has 0 aliphatic carbocycles. The largest absolute Gasteiger partial charge is 0.351 e. The van der Waals surface area contributed by atoms with Crippen molar-refractivity contribution in [2.45, 2.75) is 6.92 Å². The smallest absolute Gasteiger partial charge is 0.248 e. The summed E-state index contributed by atoms with van der Waals surface area (Å²) in [6.45, 7) is 1.60. The van der Waals surface area contributed by atoms with E-state index in [-0.39, 0.29) is 25.3 Å². The average molecular weight is 275 g/mol. The van der Waals surface area contributed by atoms with E-state index in [2.05, 4.69) is 0 Å². The second-order valence-electron chi connectivity index (χ2n) is 4.74. The molecule has 0 N–H and O–H groups in total. The number of piperazine rings is 1. The van der Waals surface area contributed by atoms with Gasteiger partial charge in [-0.25, -0.2) is 4.39 Å². The van der Waals surface area contributed by atoms with Crippen LogP contribution in [0.4, 0.5) is 10.1 Å². The number of carbonyl (C=O) groups is 2. The lowest BCUT2D eigenvalue weighted by Gasteiger charge is -2.34. The minimum absolute atomic E-state index is 0.0647. The number of carbonyl (C=O) groups excluding carboxylic acids is 2. The second kappa shape index (κ2) is 5.70. The Labute approximate surface area is 116 Å². The fraction of sp³-hybridized carbons (Fsp3) is 0.357. The van der Waals surface area contributed by atoms with Crippen LogP contribution in [0, 0.1) is 23.1 Å². The predicted molar refractivity (Wildman–Crippen MR) is 70.1 cm³/mol. The highest BCUT2D eigenvalue weighted by Gasteiger charge is 2.32. The lowest BCUT2D eigenvalue weighted by molar-refractivity contribution is -0.145. The van der Waals surface area contributed by atoms with Gasteiger partial charge in [0.1, 0.15) is 5.82 Å². The van der Waals surface area contributed by atoms with Crippen LogP contribution >= 0.6 is 0 Å². The zero-order valence-corrected chi connectivity index (χ0v) is 11.0. The van der Waals surface area contributed by atoms with E-state index in [1.807, 2.05) is 6.07 Å². The maximum atomic E-state index is 13.7. The van der Waals surface area contributed by atoms with Gasteiger partial charge in [-0.15, -0.1) is 0 Å². The van der Waals surface area contributed by atoms with Crippen LogP contribution in [0.2, 0.25) is 0 Å². The summed E-state index contributed by atoms with van der Waals surface area (Å²) >= 11 is 0. The number of benzene rings is 1. The van der Waals surface area contributed by atoms with Crippen LogP contribution in [0.25, 0.3) is 0 Å². The number of anilines is 1. The molecule has 104 valence electrons. The molecule has 0 bridgehead atoms. The van der Waals surface area contributed by atoms with Crippen molar-refractivity contribution in [1.29, 1.82) is 5.26 Å². The van der Waals surface area contributed by atoms with E-state index >= 15 is 0 Å². The third-order valence-electron chi connectivity index (χ3n) is 3.12. The number of rotatable bonds is 3. The summed E-state index contributed by atoms with van der Waals surface area (Å²) in [6, 6.07) is 8.00. The first-order valence-electron chi connectivity index (χ1n) is 6.25. The Kier molecular flexibility index (Phi) is 3.99. The Hall–Kier alpha value is -2.42. The van der Waals surface area contributed by atoms with Crippen molar-refractivity contribution in [2.24, 2.45) is 5.92 Å². The molecule has 1 fully saturated rings. The van der Waals surface area contributed by atoms with Gasteiger partial charge in [-0.05, 0) is 19.1 Å². The number of hydrogen-bond acceptors (Lipinski definition) is 4. The fourth-order valence-corrected chi connectivity index (χ4v) is 2.09. The van der Waals surface area contributed by atoms with Gasteiger partial charge in [0.05, 0.1) is 30.8 Å². The van der Waals surface area contributed by atoms with Crippen LogP contribution in [0.1, 0.15) is 6.92 Å². The summed E-state index contributed by atoms with van der Waals surface area (Å²) in [4.78, 5) is 26.5. The van der Waals surface area contributed by atoms with Gasteiger partial charge in [-0.2, -0.15) is 5.26 Å². The van der Waals surface area contributed by atoms with Gasteiger partial charge in [0.25, 0.3) is 0 Å². The maximum absolute atomic E-state index is 13.7. The molecule has 0 saturated carbocycles. The first-order valence-corrected chi connectivity index (χ1v) is 6.25. The molecule has 1 aliphatic heterocycles. The molecule has 0 aromatic heterocycles. The van der Waals surface area contributed by atoms with Gasteiger partial charge in [0.15, 0.2) is 0 Å². The zero-order valence-electron chi connectivity index (χ0n) is 11.0. The third kappa shape index (κ3) is 2.77. The Bertz CT molecular complexity index is 564. The number of hydrogen-bond donors (Lipinski definition) is 0. The fourth-order valence-electron chi connectivity index (χ4n) is 2.09. The van der Waals surface area contributed by atoms with Crippen LogP contribution in [0.3, 0.4) is 0 Å². The van der Waals surface area contributed by atoms with E-state index in [9.17, 15) is 14.0 Å². The summed E-state index contributed by atoms with van der Waals surface area (Å²) in [6.07, 6.45) is 0. The highest BCUT2D eigenvalue weighted by molar-refractivity contribution is 6.02. The summed E-state index contributed by atoms with van der Waals surface area (Å²) in [5.74, 6) is -1.70. The molecular weight excluding hydrogens is 261 g/mol. The Morgan fingerprint density at radius 3 is 2.45 bits per heavy atom. The van der Waals surface area contributed by atoms with Gasteiger partial charge >= 0.3 is 0 Å². The first-order chi connectivity index (χ1) is 9.52. The minimum atomic E-state index is -0.466. The second-order valence-corrected chi connectivity index (χ2v) is 4.74. The van der Waals surface area contributed by atoms with Crippen LogP contribution in [-0.2, 0) is 9.59 Å². The molecule has 1 aromatic rings. The summed E-state index contributed by atoms with van der Waals surface area (Å²) in [5, 5.41) is 8.75. The molecule has 0 radical (unpaired) electrons. The van der Waals surface area contributed by atoms with Gasteiger partial charge in [0, 0.05) is 6.54 Å². The lowest BCUT2D eigenvalue weighted by atomic mass is 10.1. The summed E-state index contributed by atoms with van der Waals surface area (Å²) < 4.78 is 13.7. The van der Waals surface area contributed by atoms with Gasteiger partial charge in [-0.3, -0.25) is 14.5 Å². The molecule has 1 aliphatic rings. The molecule has 2 rings (SSSR count). The van der Waals surface area contributed by atoms with Gasteiger partial charge < -0.3 is 4.90 Å². The van der Waals surface area contributed by atoms with Crippen molar-refractivity contribution in [3.8, 4) is 6.07 Å². The first kappa shape index (κ1) is 14.0. The normalized spacial score (nSPS) is 17.1. The number of amides is 2. The molecular formula is C14H14FN3O2. The Morgan fingerprint density at radius 1 is 1.30 bits per heavy atom.